The Morgan fingerprint density at radius 3 is 2.52 bits per heavy atom. The van der Waals surface area contributed by atoms with E-state index in [1.807, 2.05) is 23.6 Å². The van der Waals surface area contributed by atoms with Crippen LogP contribution < -0.4 is 4.90 Å². The number of carbonyl (C=O) groups is 1. The van der Waals surface area contributed by atoms with Crippen molar-refractivity contribution in [3.05, 3.63) is 23.9 Å². The smallest absolute Gasteiger partial charge is 0.355 e. The molecule has 0 N–H and O–H groups in total. The van der Waals surface area contributed by atoms with Crippen LogP contribution in [0.5, 0.6) is 0 Å². The number of rotatable bonds is 3. The van der Waals surface area contributed by atoms with Crippen LogP contribution in [0.2, 0.25) is 0 Å². The van der Waals surface area contributed by atoms with E-state index in [1.165, 1.54) is 6.07 Å². The molecule has 1 amide bonds. The molecule has 1 aromatic rings. The van der Waals surface area contributed by atoms with Gasteiger partial charge in [0.05, 0.1) is 5.56 Å². The zero-order valence-electron chi connectivity index (χ0n) is 13.4. The number of hydrogen-bond acceptors (Lipinski definition) is 3. The first-order valence-electron chi connectivity index (χ1n) is 7.83. The Hall–Kier alpha value is -1.79. The first-order chi connectivity index (χ1) is 10.8. The molecule has 0 bridgehead atoms. The van der Waals surface area contributed by atoms with Crippen LogP contribution >= 0.6 is 0 Å². The van der Waals surface area contributed by atoms with Crippen molar-refractivity contribution in [1.29, 1.82) is 0 Å². The van der Waals surface area contributed by atoms with E-state index in [-0.39, 0.29) is 5.91 Å². The van der Waals surface area contributed by atoms with Gasteiger partial charge in [0.15, 0.2) is 0 Å². The average molecular weight is 329 g/mol. The van der Waals surface area contributed by atoms with Gasteiger partial charge >= 0.3 is 6.18 Å². The normalized spacial score (nSPS) is 16.6. The highest BCUT2D eigenvalue weighted by Crippen LogP contribution is 2.29. The quantitative estimate of drug-likeness (QED) is 0.854. The van der Waals surface area contributed by atoms with E-state index in [9.17, 15) is 18.0 Å². The molecule has 0 spiro atoms. The van der Waals surface area contributed by atoms with Crippen LogP contribution in [0.4, 0.5) is 19.0 Å². The van der Waals surface area contributed by atoms with Gasteiger partial charge in [0.25, 0.3) is 0 Å². The zero-order chi connectivity index (χ0) is 17.0. The number of hydrogen-bond donors (Lipinski definition) is 0. The molecule has 7 heteroatoms. The summed E-state index contributed by atoms with van der Waals surface area (Å²) in [6.07, 6.45) is -2.20. The molecule has 0 radical (unpaired) electrons. The number of amides is 1. The van der Waals surface area contributed by atoms with Crippen molar-refractivity contribution in [1.82, 2.24) is 9.88 Å². The van der Waals surface area contributed by atoms with Crippen LogP contribution in [0.25, 0.3) is 0 Å². The number of aromatic nitrogens is 1. The molecule has 2 heterocycles. The molecule has 1 saturated heterocycles. The van der Waals surface area contributed by atoms with Gasteiger partial charge < -0.3 is 9.80 Å². The van der Waals surface area contributed by atoms with Gasteiger partial charge in [0.1, 0.15) is 5.82 Å². The van der Waals surface area contributed by atoms with Gasteiger partial charge in [-0.15, -0.1) is 0 Å². The molecular formula is C16H22F3N3O. The first kappa shape index (κ1) is 17.6. The highest BCUT2D eigenvalue weighted by atomic mass is 19.4. The Morgan fingerprint density at radius 2 is 1.96 bits per heavy atom. The van der Waals surface area contributed by atoms with Gasteiger partial charge in [-0.2, -0.15) is 13.2 Å². The number of carbonyl (C=O) groups excluding carboxylic acids is 1. The third-order valence-corrected chi connectivity index (χ3v) is 3.83. The summed E-state index contributed by atoms with van der Waals surface area (Å²) in [4.78, 5) is 19.8. The molecule has 0 unspecified atom stereocenters. The van der Waals surface area contributed by atoms with Gasteiger partial charge in [-0.05, 0) is 24.5 Å². The van der Waals surface area contributed by atoms with Gasteiger partial charge in [0.2, 0.25) is 5.91 Å². The van der Waals surface area contributed by atoms with Gasteiger partial charge in [0, 0.05) is 38.8 Å². The van der Waals surface area contributed by atoms with E-state index in [0.717, 1.165) is 18.7 Å². The van der Waals surface area contributed by atoms with E-state index >= 15 is 0 Å². The fourth-order valence-corrected chi connectivity index (χ4v) is 2.62. The van der Waals surface area contributed by atoms with Crippen molar-refractivity contribution in [2.24, 2.45) is 5.92 Å². The van der Waals surface area contributed by atoms with Crippen molar-refractivity contribution in [3.8, 4) is 0 Å². The van der Waals surface area contributed by atoms with Crippen LogP contribution in [0.1, 0.15) is 32.3 Å². The summed E-state index contributed by atoms with van der Waals surface area (Å²) >= 11 is 0. The molecule has 0 saturated carbocycles. The Kier molecular flexibility index (Phi) is 5.49. The third-order valence-electron chi connectivity index (χ3n) is 3.83. The van der Waals surface area contributed by atoms with E-state index < -0.39 is 11.7 Å². The third kappa shape index (κ3) is 4.84. The highest BCUT2D eigenvalue weighted by molar-refractivity contribution is 5.76. The molecule has 128 valence electrons. The van der Waals surface area contributed by atoms with E-state index in [2.05, 4.69) is 4.98 Å². The summed E-state index contributed by atoms with van der Waals surface area (Å²) in [5.41, 5.74) is -0.746. The van der Waals surface area contributed by atoms with Crippen LogP contribution in [-0.2, 0) is 11.0 Å². The summed E-state index contributed by atoms with van der Waals surface area (Å²) in [5.74, 6) is 0.983. The predicted molar refractivity (Wildman–Crippen MR) is 82.1 cm³/mol. The maximum atomic E-state index is 12.6. The lowest BCUT2D eigenvalue weighted by molar-refractivity contribution is -0.137. The van der Waals surface area contributed by atoms with Crippen LogP contribution in [0.3, 0.4) is 0 Å². The van der Waals surface area contributed by atoms with E-state index in [1.54, 1.807) is 0 Å². The SMILES string of the molecule is CC(C)CC(=O)N1CCCN(c2ccc(C(F)(F)F)cn2)CC1. The summed E-state index contributed by atoms with van der Waals surface area (Å²) in [5, 5.41) is 0. The van der Waals surface area contributed by atoms with Crippen LogP contribution in [-0.4, -0.2) is 42.0 Å². The monoisotopic (exact) mass is 329 g/mol. The lowest BCUT2D eigenvalue weighted by Crippen LogP contribution is -2.35. The molecule has 1 aliphatic heterocycles. The predicted octanol–water partition coefficient (Wildman–Crippen LogP) is 3.19. The number of anilines is 1. The topological polar surface area (TPSA) is 36.4 Å². The molecule has 1 aliphatic rings. The van der Waals surface area contributed by atoms with Crippen molar-refractivity contribution in [2.75, 3.05) is 31.1 Å². The van der Waals surface area contributed by atoms with Gasteiger partial charge in [-0.25, -0.2) is 4.98 Å². The molecule has 0 aromatic carbocycles. The number of nitrogens with zero attached hydrogens (tertiary/aromatic N) is 3. The second kappa shape index (κ2) is 7.19. The summed E-state index contributed by atoms with van der Waals surface area (Å²) < 4.78 is 37.7. The molecule has 0 aliphatic carbocycles. The van der Waals surface area contributed by atoms with Crippen molar-refractivity contribution in [3.63, 3.8) is 0 Å². The number of halogens is 3. The van der Waals surface area contributed by atoms with Gasteiger partial charge in [-0.3, -0.25) is 4.79 Å². The van der Waals surface area contributed by atoms with Crippen molar-refractivity contribution < 1.29 is 18.0 Å². The Balaban J connectivity index is 1.99. The lowest BCUT2D eigenvalue weighted by Gasteiger charge is -2.23. The molecule has 1 aromatic heterocycles. The van der Waals surface area contributed by atoms with Crippen LogP contribution in [0, 0.1) is 5.92 Å². The lowest BCUT2D eigenvalue weighted by atomic mass is 10.1. The molecule has 4 nitrogen and oxygen atoms in total. The standard InChI is InChI=1S/C16H22F3N3O/c1-12(2)10-15(23)22-7-3-6-21(8-9-22)14-5-4-13(11-20-14)16(17,18)19/h4-5,11-12H,3,6-10H2,1-2H3. The second-order valence-electron chi connectivity index (χ2n) is 6.22. The average Bonchev–Trinajstić information content (AvgIpc) is 2.71. The summed E-state index contributed by atoms with van der Waals surface area (Å²) in [6, 6.07) is 2.45. The highest BCUT2D eigenvalue weighted by Gasteiger charge is 2.31. The number of alkyl halides is 3. The fraction of sp³-hybridized carbons (Fsp3) is 0.625. The van der Waals surface area contributed by atoms with Crippen molar-refractivity contribution >= 4 is 11.7 Å². The Labute approximate surface area is 134 Å². The van der Waals surface area contributed by atoms with Gasteiger partial charge in [-0.1, -0.05) is 13.8 Å². The zero-order valence-corrected chi connectivity index (χ0v) is 13.4. The fourth-order valence-electron chi connectivity index (χ4n) is 2.62. The minimum Gasteiger partial charge on any atom is -0.355 e. The Bertz CT molecular complexity index is 528. The van der Waals surface area contributed by atoms with Crippen LogP contribution in [0.15, 0.2) is 18.3 Å². The molecule has 0 atom stereocenters. The maximum Gasteiger partial charge on any atom is 0.417 e. The molecule has 1 fully saturated rings. The minimum absolute atomic E-state index is 0.141. The molecule has 23 heavy (non-hydrogen) atoms. The maximum absolute atomic E-state index is 12.6. The number of pyridine rings is 1. The molecule has 2 rings (SSSR count). The summed E-state index contributed by atoms with van der Waals surface area (Å²) in [7, 11) is 0. The van der Waals surface area contributed by atoms with E-state index in [0.29, 0.717) is 44.3 Å². The second-order valence-corrected chi connectivity index (χ2v) is 6.22. The Morgan fingerprint density at radius 1 is 1.22 bits per heavy atom. The van der Waals surface area contributed by atoms with Crippen molar-refractivity contribution in [2.45, 2.75) is 32.9 Å². The molecular weight excluding hydrogens is 307 g/mol. The first-order valence-corrected chi connectivity index (χ1v) is 7.83. The minimum atomic E-state index is -4.37. The summed E-state index contributed by atoms with van der Waals surface area (Å²) in [6.45, 7) is 6.55. The van der Waals surface area contributed by atoms with E-state index in [4.69, 9.17) is 0 Å². The largest absolute Gasteiger partial charge is 0.417 e.